The number of carbonyl (C=O) groups is 1. The summed E-state index contributed by atoms with van der Waals surface area (Å²) in [5.41, 5.74) is 1.96. The van der Waals surface area contributed by atoms with Crippen LogP contribution in [0.15, 0.2) is 18.2 Å². The Morgan fingerprint density at radius 1 is 1.26 bits per heavy atom. The molecule has 2 aliphatic rings. The van der Waals surface area contributed by atoms with Crippen LogP contribution in [0.1, 0.15) is 46.3 Å². The lowest BCUT2D eigenvalue weighted by Crippen LogP contribution is -2.35. The van der Waals surface area contributed by atoms with Crippen LogP contribution in [0.2, 0.25) is 5.02 Å². The Morgan fingerprint density at radius 2 is 1.94 bits per heavy atom. The maximum atomic E-state index is 13.9. The minimum atomic E-state index is -0.451. The van der Waals surface area contributed by atoms with Crippen molar-refractivity contribution in [3.8, 4) is 5.75 Å². The lowest BCUT2D eigenvalue weighted by atomic mass is 10.1. The van der Waals surface area contributed by atoms with Gasteiger partial charge < -0.3 is 20.4 Å². The second kappa shape index (κ2) is 8.88. The van der Waals surface area contributed by atoms with E-state index in [9.17, 15) is 9.18 Å². The van der Waals surface area contributed by atoms with E-state index >= 15 is 0 Å². The highest BCUT2D eigenvalue weighted by atomic mass is 35.5. The number of nitrogens with zero attached hydrogens (tertiary/aromatic N) is 3. The molecular formula is C22H25ClFN5O2. The van der Waals surface area contributed by atoms with Gasteiger partial charge in [0.05, 0.1) is 34.4 Å². The summed E-state index contributed by atoms with van der Waals surface area (Å²) in [5.74, 6) is -0.397. The summed E-state index contributed by atoms with van der Waals surface area (Å²) in [6.07, 6.45) is 1.54. The highest BCUT2D eigenvalue weighted by molar-refractivity contribution is 6.31. The van der Waals surface area contributed by atoms with Crippen LogP contribution in [0.5, 0.6) is 5.75 Å². The van der Waals surface area contributed by atoms with Crippen molar-refractivity contribution in [3.05, 3.63) is 51.8 Å². The summed E-state index contributed by atoms with van der Waals surface area (Å²) in [6.45, 7) is 5.69. The topological polar surface area (TPSA) is 91.2 Å². The molecule has 1 atom stereocenters. The van der Waals surface area contributed by atoms with E-state index in [0.717, 1.165) is 25.9 Å². The van der Waals surface area contributed by atoms with E-state index < -0.39 is 11.7 Å². The second-order valence-electron chi connectivity index (χ2n) is 8.04. The van der Waals surface area contributed by atoms with Gasteiger partial charge in [-0.15, -0.1) is 0 Å². The first-order chi connectivity index (χ1) is 14.8. The SMILES string of the molecule is Cc1nc(C2CN(C(=O)c3ccc(F)cc3OC3CCNCC3)CC2=N)nc(C)c1Cl. The lowest BCUT2D eigenvalue weighted by Gasteiger charge is -2.25. The molecule has 2 saturated heterocycles. The predicted molar refractivity (Wildman–Crippen MR) is 116 cm³/mol. The first-order valence-corrected chi connectivity index (χ1v) is 10.8. The number of amides is 1. The fourth-order valence-corrected chi connectivity index (χ4v) is 4.11. The number of hydrogen-bond acceptors (Lipinski definition) is 6. The number of hydrogen-bond donors (Lipinski definition) is 2. The van der Waals surface area contributed by atoms with Gasteiger partial charge in [0.15, 0.2) is 0 Å². The predicted octanol–water partition coefficient (Wildman–Crippen LogP) is 3.28. The van der Waals surface area contributed by atoms with E-state index in [2.05, 4.69) is 15.3 Å². The van der Waals surface area contributed by atoms with Gasteiger partial charge in [0.2, 0.25) is 0 Å². The third-order valence-electron chi connectivity index (χ3n) is 5.74. The van der Waals surface area contributed by atoms with Gasteiger partial charge in [-0.1, -0.05) is 11.6 Å². The highest BCUT2D eigenvalue weighted by Crippen LogP contribution is 2.29. The zero-order valence-electron chi connectivity index (χ0n) is 17.5. The van der Waals surface area contributed by atoms with Gasteiger partial charge in [0.25, 0.3) is 5.91 Å². The van der Waals surface area contributed by atoms with Crippen LogP contribution in [0.3, 0.4) is 0 Å². The molecular weight excluding hydrogens is 421 g/mol. The molecule has 2 N–H and O–H groups in total. The molecule has 1 amide bonds. The number of benzene rings is 1. The van der Waals surface area contributed by atoms with Gasteiger partial charge in [-0.25, -0.2) is 14.4 Å². The molecule has 31 heavy (non-hydrogen) atoms. The minimum absolute atomic E-state index is 0.0624. The Bertz CT molecular complexity index is 1000. The van der Waals surface area contributed by atoms with E-state index in [4.69, 9.17) is 21.7 Å². The van der Waals surface area contributed by atoms with Gasteiger partial charge >= 0.3 is 0 Å². The number of piperidine rings is 1. The molecule has 0 bridgehead atoms. The summed E-state index contributed by atoms with van der Waals surface area (Å²) < 4.78 is 19.9. The average Bonchev–Trinajstić information content (AvgIpc) is 3.14. The first-order valence-electron chi connectivity index (χ1n) is 10.4. The molecule has 0 aliphatic carbocycles. The van der Waals surface area contributed by atoms with Crippen molar-refractivity contribution in [1.29, 1.82) is 5.41 Å². The molecule has 0 radical (unpaired) electrons. The molecule has 1 aromatic heterocycles. The average molecular weight is 446 g/mol. The standard InChI is InChI=1S/C22H25ClFN5O2/c1-12-20(23)13(2)28-21(27-12)17-10-29(11-18(17)25)22(30)16-4-3-14(24)9-19(16)31-15-5-7-26-8-6-15/h3-4,9,15,17,25-26H,5-8,10-11H2,1-2H3. The highest BCUT2D eigenvalue weighted by Gasteiger charge is 2.35. The normalized spacial score (nSPS) is 19.7. The number of aryl methyl sites for hydroxylation is 2. The molecule has 0 spiro atoms. The van der Waals surface area contributed by atoms with E-state index in [-0.39, 0.29) is 30.9 Å². The third kappa shape index (κ3) is 4.55. The van der Waals surface area contributed by atoms with Gasteiger partial charge in [0.1, 0.15) is 23.5 Å². The van der Waals surface area contributed by atoms with Gasteiger partial charge in [-0.2, -0.15) is 0 Å². The van der Waals surface area contributed by atoms with Crippen LogP contribution in [0.25, 0.3) is 0 Å². The van der Waals surface area contributed by atoms with Crippen LogP contribution in [-0.4, -0.2) is 58.8 Å². The van der Waals surface area contributed by atoms with Crippen molar-refractivity contribution in [3.63, 3.8) is 0 Å². The third-order valence-corrected chi connectivity index (χ3v) is 6.28. The fraction of sp³-hybridized carbons (Fsp3) is 0.455. The molecule has 0 saturated carbocycles. The molecule has 3 heterocycles. The number of halogens is 2. The number of likely N-dealkylation sites (tertiary alicyclic amines) is 1. The van der Waals surface area contributed by atoms with E-state index in [1.54, 1.807) is 18.7 Å². The van der Waals surface area contributed by atoms with Crippen LogP contribution in [0, 0.1) is 25.1 Å². The lowest BCUT2D eigenvalue weighted by molar-refractivity contribution is 0.0784. The maximum absolute atomic E-state index is 13.9. The van der Waals surface area contributed by atoms with Gasteiger partial charge in [0, 0.05) is 18.3 Å². The van der Waals surface area contributed by atoms with Crippen LogP contribution >= 0.6 is 11.6 Å². The Morgan fingerprint density at radius 3 is 2.61 bits per heavy atom. The Labute approximate surface area is 185 Å². The molecule has 164 valence electrons. The Kier molecular flexibility index (Phi) is 6.20. The largest absolute Gasteiger partial charge is 0.489 e. The number of rotatable bonds is 4. The van der Waals surface area contributed by atoms with Crippen molar-refractivity contribution in [2.75, 3.05) is 26.2 Å². The van der Waals surface area contributed by atoms with Crippen LogP contribution in [0.4, 0.5) is 4.39 Å². The van der Waals surface area contributed by atoms with Gasteiger partial charge in [-0.3, -0.25) is 4.79 Å². The van der Waals surface area contributed by atoms with Gasteiger partial charge in [-0.05, 0) is 51.9 Å². The Hall–Kier alpha value is -2.58. The van der Waals surface area contributed by atoms with Crippen molar-refractivity contribution < 1.29 is 13.9 Å². The summed E-state index contributed by atoms with van der Waals surface area (Å²) in [4.78, 5) is 23.7. The zero-order chi connectivity index (χ0) is 22.1. The number of nitrogens with one attached hydrogen (secondary N) is 2. The molecule has 2 fully saturated rings. The Balaban J connectivity index is 1.56. The summed E-state index contributed by atoms with van der Waals surface area (Å²) >= 11 is 6.17. The van der Waals surface area contributed by atoms with Crippen molar-refractivity contribution in [2.24, 2.45) is 0 Å². The van der Waals surface area contributed by atoms with Crippen molar-refractivity contribution in [1.82, 2.24) is 20.2 Å². The number of carbonyl (C=O) groups excluding carboxylic acids is 1. The number of ether oxygens (including phenoxy) is 1. The molecule has 2 aliphatic heterocycles. The smallest absolute Gasteiger partial charge is 0.257 e. The molecule has 1 aromatic carbocycles. The van der Waals surface area contributed by atoms with Crippen molar-refractivity contribution >= 4 is 23.2 Å². The molecule has 9 heteroatoms. The molecule has 2 aromatic rings. The summed E-state index contributed by atoms with van der Waals surface area (Å²) in [6, 6.07) is 3.98. The van der Waals surface area contributed by atoms with Crippen LogP contribution < -0.4 is 10.1 Å². The summed E-state index contributed by atoms with van der Waals surface area (Å²) in [7, 11) is 0. The van der Waals surface area contributed by atoms with E-state index in [0.29, 0.717) is 33.5 Å². The summed E-state index contributed by atoms with van der Waals surface area (Å²) in [5, 5.41) is 12.2. The quantitative estimate of drug-likeness (QED) is 0.753. The first kappa shape index (κ1) is 21.6. The maximum Gasteiger partial charge on any atom is 0.257 e. The molecule has 7 nitrogen and oxygen atoms in total. The zero-order valence-corrected chi connectivity index (χ0v) is 18.3. The molecule has 4 rings (SSSR count). The minimum Gasteiger partial charge on any atom is -0.489 e. The molecule has 1 unspecified atom stereocenters. The van der Waals surface area contributed by atoms with E-state index in [1.807, 2.05) is 0 Å². The monoisotopic (exact) mass is 445 g/mol. The number of aromatic nitrogens is 2. The fourth-order valence-electron chi connectivity index (χ4n) is 4.02. The van der Waals surface area contributed by atoms with E-state index in [1.165, 1.54) is 18.2 Å². The second-order valence-corrected chi connectivity index (χ2v) is 8.42. The van der Waals surface area contributed by atoms with Crippen molar-refractivity contribution in [2.45, 2.75) is 38.7 Å². The van der Waals surface area contributed by atoms with Crippen LogP contribution in [-0.2, 0) is 0 Å².